The first-order valence-corrected chi connectivity index (χ1v) is 9.53. The van der Waals surface area contributed by atoms with Crippen molar-refractivity contribution < 1.29 is 9.90 Å². The number of unbranched alkanes of at least 4 members (excludes halogenated alkanes) is 2. The van der Waals surface area contributed by atoms with Gasteiger partial charge in [0.05, 0.1) is 14.5 Å². The van der Waals surface area contributed by atoms with Crippen molar-refractivity contribution in [3.8, 4) is 0 Å². The largest absolute Gasteiger partial charge is 0.481 e. The molecule has 0 fully saturated rings. The highest BCUT2D eigenvalue weighted by Gasteiger charge is 2.11. The lowest BCUT2D eigenvalue weighted by atomic mass is 10.1. The van der Waals surface area contributed by atoms with Crippen molar-refractivity contribution in [2.75, 3.05) is 0 Å². The molecule has 0 rings (SSSR count). The first-order chi connectivity index (χ1) is 7.35. The van der Waals surface area contributed by atoms with Gasteiger partial charge >= 0.3 is 5.97 Å². The SMILES string of the molecule is CCCC/C=C\C(=C/[Si](C)(C)C)CC(=O)O. The number of hydrogen-bond donors (Lipinski definition) is 1. The van der Waals surface area contributed by atoms with Crippen molar-refractivity contribution in [3.63, 3.8) is 0 Å². The molecule has 0 unspecified atom stereocenters. The average molecular weight is 240 g/mol. The minimum Gasteiger partial charge on any atom is -0.481 e. The van der Waals surface area contributed by atoms with Crippen LogP contribution in [0.5, 0.6) is 0 Å². The summed E-state index contributed by atoms with van der Waals surface area (Å²) in [6.07, 6.45) is 7.62. The van der Waals surface area contributed by atoms with E-state index < -0.39 is 14.0 Å². The van der Waals surface area contributed by atoms with Gasteiger partial charge in [0.2, 0.25) is 0 Å². The molecule has 2 nitrogen and oxygen atoms in total. The minimum atomic E-state index is -1.33. The van der Waals surface area contributed by atoms with Crippen LogP contribution in [0.3, 0.4) is 0 Å². The lowest BCUT2D eigenvalue weighted by Gasteiger charge is -2.11. The summed E-state index contributed by atoms with van der Waals surface area (Å²) in [6.45, 7) is 8.81. The molecule has 0 aromatic carbocycles. The van der Waals surface area contributed by atoms with Crippen LogP contribution in [0.15, 0.2) is 23.4 Å². The van der Waals surface area contributed by atoms with Crippen LogP contribution < -0.4 is 0 Å². The predicted octanol–water partition coefficient (Wildman–Crippen LogP) is 4.01. The standard InChI is InChI=1S/C13H24O2Si/c1-5-6-7-8-9-12(10-13(14)15)11-16(2,3)4/h8-9,11H,5-7,10H2,1-4H3,(H,14,15)/b9-8-,12-11+. The van der Waals surface area contributed by atoms with E-state index in [9.17, 15) is 4.79 Å². The van der Waals surface area contributed by atoms with Crippen molar-refractivity contribution in [3.05, 3.63) is 23.4 Å². The van der Waals surface area contributed by atoms with E-state index in [4.69, 9.17) is 5.11 Å². The third kappa shape index (κ3) is 9.71. The monoisotopic (exact) mass is 240 g/mol. The van der Waals surface area contributed by atoms with Gasteiger partial charge in [0.25, 0.3) is 0 Å². The van der Waals surface area contributed by atoms with Gasteiger partial charge in [0.1, 0.15) is 0 Å². The number of hydrogen-bond acceptors (Lipinski definition) is 1. The fraction of sp³-hybridized carbons (Fsp3) is 0.615. The van der Waals surface area contributed by atoms with Crippen molar-refractivity contribution in [1.29, 1.82) is 0 Å². The minimum absolute atomic E-state index is 0.146. The third-order valence-electron chi connectivity index (χ3n) is 2.03. The van der Waals surface area contributed by atoms with E-state index in [1.54, 1.807) is 0 Å². The van der Waals surface area contributed by atoms with Gasteiger partial charge < -0.3 is 5.11 Å². The van der Waals surface area contributed by atoms with Crippen LogP contribution >= 0.6 is 0 Å². The highest BCUT2D eigenvalue weighted by atomic mass is 28.3. The molecule has 0 aromatic heterocycles. The summed E-state index contributed by atoms with van der Waals surface area (Å²) < 4.78 is 0. The lowest BCUT2D eigenvalue weighted by molar-refractivity contribution is -0.136. The molecule has 3 heteroatoms. The number of aliphatic carboxylic acids is 1. The molecule has 0 aliphatic rings. The molecule has 92 valence electrons. The van der Waals surface area contributed by atoms with E-state index in [0.717, 1.165) is 12.0 Å². The fourth-order valence-electron chi connectivity index (χ4n) is 1.45. The molecule has 0 amide bonds. The van der Waals surface area contributed by atoms with Crippen molar-refractivity contribution >= 4 is 14.0 Å². The van der Waals surface area contributed by atoms with Crippen molar-refractivity contribution in [2.45, 2.75) is 52.2 Å². The summed E-state index contributed by atoms with van der Waals surface area (Å²) in [5, 5.41) is 8.82. The van der Waals surface area contributed by atoms with E-state index >= 15 is 0 Å². The van der Waals surface area contributed by atoms with Crippen LogP contribution in [0, 0.1) is 0 Å². The average Bonchev–Trinajstić information content (AvgIpc) is 2.08. The summed E-state index contributed by atoms with van der Waals surface area (Å²) in [5.74, 6) is -0.746. The molecule has 0 aliphatic heterocycles. The lowest BCUT2D eigenvalue weighted by Crippen LogP contribution is -2.17. The number of carbonyl (C=O) groups is 1. The van der Waals surface area contributed by atoms with Gasteiger partial charge in [0.15, 0.2) is 0 Å². The molecule has 0 aliphatic carbocycles. The number of rotatable bonds is 7. The molecule has 0 saturated carbocycles. The molecule has 0 atom stereocenters. The molecule has 0 radical (unpaired) electrons. The Labute approximate surface area is 100 Å². The second-order valence-corrected chi connectivity index (χ2v) is 10.2. The van der Waals surface area contributed by atoms with Gasteiger partial charge in [-0.3, -0.25) is 4.79 Å². The van der Waals surface area contributed by atoms with Gasteiger partial charge in [-0.05, 0) is 12.0 Å². The number of carboxylic acids is 1. The summed E-state index contributed by atoms with van der Waals surface area (Å²) in [6, 6.07) is 0. The second-order valence-electron chi connectivity index (χ2n) is 5.20. The molecule has 0 heterocycles. The smallest absolute Gasteiger partial charge is 0.307 e. The zero-order valence-electron chi connectivity index (χ0n) is 10.9. The molecule has 0 spiro atoms. The molecule has 1 N–H and O–H groups in total. The van der Waals surface area contributed by atoms with E-state index in [2.05, 4.69) is 38.3 Å². The van der Waals surface area contributed by atoms with Crippen LogP contribution in [-0.4, -0.2) is 19.1 Å². The van der Waals surface area contributed by atoms with Gasteiger partial charge in [-0.25, -0.2) is 0 Å². The Morgan fingerprint density at radius 3 is 2.38 bits per heavy atom. The molecule has 0 aromatic rings. The third-order valence-corrected chi connectivity index (χ3v) is 3.27. The fourth-order valence-corrected chi connectivity index (χ4v) is 2.76. The summed E-state index contributed by atoms with van der Waals surface area (Å²) in [4.78, 5) is 10.7. The van der Waals surface area contributed by atoms with Crippen LogP contribution in [0.2, 0.25) is 19.6 Å². The zero-order valence-corrected chi connectivity index (χ0v) is 11.9. The van der Waals surface area contributed by atoms with Crippen LogP contribution in [-0.2, 0) is 4.79 Å². The molecular weight excluding hydrogens is 216 g/mol. The van der Waals surface area contributed by atoms with Gasteiger partial charge in [-0.2, -0.15) is 0 Å². The summed E-state index contributed by atoms with van der Waals surface area (Å²) in [7, 11) is -1.33. The Morgan fingerprint density at radius 1 is 1.31 bits per heavy atom. The Hall–Kier alpha value is -0.833. The van der Waals surface area contributed by atoms with E-state index in [1.807, 2.05) is 6.08 Å². The maximum Gasteiger partial charge on any atom is 0.307 e. The van der Waals surface area contributed by atoms with Crippen molar-refractivity contribution in [2.24, 2.45) is 0 Å². The van der Waals surface area contributed by atoms with Crippen LogP contribution in [0.25, 0.3) is 0 Å². The first-order valence-electron chi connectivity index (χ1n) is 5.95. The topological polar surface area (TPSA) is 37.3 Å². The maximum absolute atomic E-state index is 10.7. The Bertz CT molecular complexity index is 272. The summed E-state index contributed by atoms with van der Waals surface area (Å²) >= 11 is 0. The van der Waals surface area contributed by atoms with Crippen molar-refractivity contribution in [1.82, 2.24) is 0 Å². The first kappa shape index (κ1) is 15.2. The Balaban J connectivity index is 4.50. The van der Waals surface area contributed by atoms with Gasteiger partial charge in [-0.15, -0.1) is 0 Å². The van der Waals surface area contributed by atoms with Crippen LogP contribution in [0.1, 0.15) is 32.6 Å². The quantitative estimate of drug-likeness (QED) is 0.415. The molecule has 0 bridgehead atoms. The second kappa shape index (κ2) is 7.44. The number of allylic oxidation sites excluding steroid dienone is 2. The molecule has 0 saturated heterocycles. The highest BCUT2D eigenvalue weighted by Crippen LogP contribution is 2.12. The predicted molar refractivity (Wildman–Crippen MR) is 72.3 cm³/mol. The zero-order chi connectivity index (χ0) is 12.6. The highest BCUT2D eigenvalue weighted by molar-refractivity contribution is 6.81. The van der Waals surface area contributed by atoms with E-state index in [0.29, 0.717) is 0 Å². The summed E-state index contributed by atoms with van der Waals surface area (Å²) in [5.41, 5.74) is 3.13. The van der Waals surface area contributed by atoms with E-state index in [1.165, 1.54) is 12.8 Å². The van der Waals surface area contributed by atoms with Crippen LogP contribution in [0.4, 0.5) is 0 Å². The van der Waals surface area contributed by atoms with E-state index in [-0.39, 0.29) is 6.42 Å². The number of carboxylic acid groups (broad SMARTS) is 1. The Morgan fingerprint density at radius 2 is 1.94 bits per heavy atom. The van der Waals surface area contributed by atoms with Gasteiger partial charge in [0, 0.05) is 0 Å². The normalized spacial score (nSPS) is 13.4. The molecular formula is C13H24O2Si. The maximum atomic E-state index is 10.7. The molecule has 16 heavy (non-hydrogen) atoms. The Kier molecular flexibility index (Phi) is 7.05. The van der Waals surface area contributed by atoms with Gasteiger partial charge in [-0.1, -0.05) is 57.3 Å².